The molecule has 0 atom stereocenters. The SMILES string of the molecule is COCCCNC(=O)CCc1nnc2n(Cc3ccccc3)c(=O)c3ccccc3n12. The number of rotatable bonds is 9. The van der Waals surface area contributed by atoms with Crippen LogP contribution >= 0.6 is 0 Å². The summed E-state index contributed by atoms with van der Waals surface area (Å²) in [5, 5.41) is 12.1. The minimum absolute atomic E-state index is 0.0465. The number of aromatic nitrogens is 4. The lowest BCUT2D eigenvalue weighted by Crippen LogP contribution is -2.26. The first-order chi connectivity index (χ1) is 15.2. The molecule has 8 nitrogen and oxygen atoms in total. The van der Waals surface area contributed by atoms with Crippen LogP contribution in [0.3, 0.4) is 0 Å². The smallest absolute Gasteiger partial charge is 0.263 e. The number of methoxy groups -OCH3 is 1. The Kier molecular flexibility index (Phi) is 6.37. The van der Waals surface area contributed by atoms with Gasteiger partial charge in [0.15, 0.2) is 0 Å². The molecule has 0 saturated carbocycles. The molecule has 2 aromatic heterocycles. The van der Waals surface area contributed by atoms with Gasteiger partial charge in [0.05, 0.1) is 17.4 Å². The standard InChI is InChI=1S/C23H25N5O3/c1-31-15-7-14-24-21(29)13-12-20-25-26-23-27(16-17-8-3-2-4-9-17)22(30)18-10-5-6-11-19(18)28(20)23/h2-6,8-11H,7,12-16H2,1H3,(H,24,29). The number of carbonyl (C=O) groups is 1. The molecule has 0 unspecified atom stereocenters. The van der Waals surface area contributed by atoms with Gasteiger partial charge in [0.25, 0.3) is 5.56 Å². The van der Waals surface area contributed by atoms with Crippen molar-refractivity contribution in [1.29, 1.82) is 0 Å². The zero-order chi connectivity index (χ0) is 21.6. The van der Waals surface area contributed by atoms with Crippen molar-refractivity contribution < 1.29 is 9.53 Å². The number of fused-ring (bicyclic) bond motifs is 3. The number of aryl methyl sites for hydroxylation is 1. The van der Waals surface area contributed by atoms with Gasteiger partial charge in [-0.15, -0.1) is 10.2 Å². The number of hydrogen-bond acceptors (Lipinski definition) is 5. The van der Waals surface area contributed by atoms with Gasteiger partial charge in [0.1, 0.15) is 5.82 Å². The Hall–Kier alpha value is -3.52. The first-order valence-electron chi connectivity index (χ1n) is 10.3. The first kappa shape index (κ1) is 20.7. The minimum atomic E-state index is -0.109. The zero-order valence-electron chi connectivity index (χ0n) is 17.5. The summed E-state index contributed by atoms with van der Waals surface area (Å²) < 4.78 is 8.52. The maximum Gasteiger partial charge on any atom is 0.263 e. The van der Waals surface area contributed by atoms with E-state index in [9.17, 15) is 9.59 Å². The van der Waals surface area contributed by atoms with Crippen LogP contribution in [0.2, 0.25) is 0 Å². The number of ether oxygens (including phenoxy) is 1. The summed E-state index contributed by atoms with van der Waals surface area (Å²) in [5.41, 5.74) is 1.64. The quantitative estimate of drug-likeness (QED) is 0.420. The highest BCUT2D eigenvalue weighted by atomic mass is 16.5. The van der Waals surface area contributed by atoms with Gasteiger partial charge >= 0.3 is 0 Å². The largest absolute Gasteiger partial charge is 0.385 e. The summed E-state index contributed by atoms with van der Waals surface area (Å²) in [6.45, 7) is 1.58. The number of nitrogens with one attached hydrogen (secondary N) is 1. The summed E-state index contributed by atoms with van der Waals surface area (Å²) in [4.78, 5) is 25.4. The van der Waals surface area contributed by atoms with Crippen LogP contribution < -0.4 is 10.9 Å². The second kappa shape index (κ2) is 9.53. The summed E-state index contributed by atoms with van der Waals surface area (Å²) in [6.07, 6.45) is 1.48. The Morgan fingerprint density at radius 1 is 1.06 bits per heavy atom. The van der Waals surface area contributed by atoms with Gasteiger partial charge in [0, 0.05) is 33.1 Å². The highest BCUT2D eigenvalue weighted by Gasteiger charge is 2.17. The first-order valence-corrected chi connectivity index (χ1v) is 10.3. The molecule has 2 heterocycles. The van der Waals surface area contributed by atoms with Crippen molar-refractivity contribution in [3.05, 3.63) is 76.3 Å². The van der Waals surface area contributed by atoms with Gasteiger partial charge < -0.3 is 10.1 Å². The van der Waals surface area contributed by atoms with E-state index in [0.29, 0.717) is 49.5 Å². The molecular formula is C23H25N5O3. The molecule has 0 radical (unpaired) electrons. The van der Waals surface area contributed by atoms with Crippen LogP contribution in [0.25, 0.3) is 16.7 Å². The van der Waals surface area contributed by atoms with Gasteiger partial charge in [-0.25, -0.2) is 0 Å². The van der Waals surface area contributed by atoms with E-state index in [1.165, 1.54) is 0 Å². The van der Waals surface area contributed by atoms with E-state index in [1.807, 2.05) is 59.0 Å². The van der Waals surface area contributed by atoms with E-state index in [-0.39, 0.29) is 11.5 Å². The van der Waals surface area contributed by atoms with E-state index in [4.69, 9.17) is 4.74 Å². The molecule has 0 bridgehead atoms. The number of hydrogen-bond donors (Lipinski definition) is 1. The Morgan fingerprint density at radius 3 is 2.65 bits per heavy atom. The normalized spacial score (nSPS) is 11.3. The van der Waals surface area contributed by atoms with E-state index < -0.39 is 0 Å². The topological polar surface area (TPSA) is 90.5 Å². The zero-order valence-corrected chi connectivity index (χ0v) is 17.5. The minimum Gasteiger partial charge on any atom is -0.385 e. The van der Waals surface area contributed by atoms with Crippen LogP contribution in [0.15, 0.2) is 59.4 Å². The third kappa shape index (κ3) is 4.49. The van der Waals surface area contributed by atoms with Crippen molar-refractivity contribution in [2.45, 2.75) is 25.8 Å². The molecule has 4 rings (SSSR count). The van der Waals surface area contributed by atoms with E-state index >= 15 is 0 Å². The van der Waals surface area contributed by atoms with Gasteiger partial charge in [0.2, 0.25) is 11.7 Å². The van der Waals surface area contributed by atoms with Crippen LogP contribution in [-0.4, -0.2) is 45.3 Å². The van der Waals surface area contributed by atoms with Crippen molar-refractivity contribution in [2.75, 3.05) is 20.3 Å². The number of amides is 1. The third-order valence-electron chi connectivity index (χ3n) is 5.18. The maximum atomic E-state index is 13.2. The molecule has 2 aromatic carbocycles. The Bertz CT molecular complexity index is 1250. The monoisotopic (exact) mass is 419 g/mol. The second-order valence-corrected chi connectivity index (χ2v) is 7.34. The maximum absolute atomic E-state index is 13.2. The fourth-order valence-electron chi connectivity index (χ4n) is 3.64. The number of carbonyl (C=O) groups excluding carboxylic acids is 1. The molecule has 31 heavy (non-hydrogen) atoms. The molecule has 1 N–H and O–H groups in total. The van der Waals surface area contributed by atoms with Gasteiger partial charge in [-0.3, -0.25) is 18.6 Å². The van der Waals surface area contributed by atoms with Crippen molar-refractivity contribution in [2.24, 2.45) is 0 Å². The van der Waals surface area contributed by atoms with Crippen LogP contribution in [0.5, 0.6) is 0 Å². The summed E-state index contributed by atoms with van der Waals surface area (Å²) in [6, 6.07) is 17.2. The highest BCUT2D eigenvalue weighted by Crippen LogP contribution is 2.16. The summed E-state index contributed by atoms with van der Waals surface area (Å²) in [5.74, 6) is 1.08. The van der Waals surface area contributed by atoms with Crippen molar-refractivity contribution in [1.82, 2.24) is 24.5 Å². The fourth-order valence-corrected chi connectivity index (χ4v) is 3.64. The van der Waals surface area contributed by atoms with Crippen LogP contribution in [0, 0.1) is 0 Å². The van der Waals surface area contributed by atoms with E-state index in [0.717, 1.165) is 17.5 Å². The van der Waals surface area contributed by atoms with E-state index in [1.54, 1.807) is 11.7 Å². The molecule has 0 aliphatic heterocycles. The Labute approximate surface area is 179 Å². The number of benzene rings is 2. The Morgan fingerprint density at radius 2 is 1.84 bits per heavy atom. The average Bonchev–Trinajstić information content (AvgIpc) is 3.23. The fraction of sp³-hybridized carbons (Fsp3) is 0.304. The molecule has 0 saturated heterocycles. The summed E-state index contributed by atoms with van der Waals surface area (Å²) >= 11 is 0. The van der Waals surface area contributed by atoms with Crippen molar-refractivity contribution >= 4 is 22.6 Å². The van der Waals surface area contributed by atoms with Crippen LogP contribution in [0.4, 0.5) is 0 Å². The van der Waals surface area contributed by atoms with Crippen LogP contribution in [0.1, 0.15) is 24.2 Å². The lowest BCUT2D eigenvalue weighted by atomic mass is 10.2. The predicted octanol–water partition coefficient (Wildman–Crippen LogP) is 2.18. The van der Waals surface area contributed by atoms with Gasteiger partial charge in [-0.2, -0.15) is 0 Å². The highest BCUT2D eigenvalue weighted by molar-refractivity contribution is 5.80. The number of para-hydroxylation sites is 1. The molecule has 160 valence electrons. The Balaban J connectivity index is 1.67. The predicted molar refractivity (Wildman–Crippen MR) is 118 cm³/mol. The van der Waals surface area contributed by atoms with E-state index in [2.05, 4.69) is 15.5 Å². The third-order valence-corrected chi connectivity index (χ3v) is 5.18. The lowest BCUT2D eigenvalue weighted by molar-refractivity contribution is -0.121. The molecule has 1 amide bonds. The van der Waals surface area contributed by atoms with Crippen molar-refractivity contribution in [3.8, 4) is 0 Å². The molecule has 0 fully saturated rings. The molecule has 8 heteroatoms. The number of nitrogens with zero attached hydrogens (tertiary/aromatic N) is 4. The van der Waals surface area contributed by atoms with Crippen LogP contribution in [-0.2, 0) is 22.5 Å². The average molecular weight is 419 g/mol. The molecular weight excluding hydrogens is 394 g/mol. The lowest BCUT2D eigenvalue weighted by Gasteiger charge is -2.11. The van der Waals surface area contributed by atoms with Gasteiger partial charge in [-0.1, -0.05) is 42.5 Å². The molecule has 4 aromatic rings. The van der Waals surface area contributed by atoms with Crippen molar-refractivity contribution in [3.63, 3.8) is 0 Å². The molecule has 0 aliphatic carbocycles. The molecule has 0 aliphatic rings. The second-order valence-electron chi connectivity index (χ2n) is 7.34. The van der Waals surface area contributed by atoms with Gasteiger partial charge in [-0.05, 0) is 24.1 Å². The molecule has 0 spiro atoms. The summed E-state index contributed by atoms with van der Waals surface area (Å²) in [7, 11) is 1.64.